The highest BCUT2D eigenvalue weighted by Crippen LogP contribution is 2.16. The van der Waals surface area contributed by atoms with Crippen LogP contribution in [0.25, 0.3) is 0 Å². The van der Waals surface area contributed by atoms with E-state index in [4.69, 9.17) is 4.74 Å². The highest BCUT2D eigenvalue weighted by Gasteiger charge is 2.18. The Bertz CT molecular complexity index is 1100. The zero-order valence-corrected chi connectivity index (χ0v) is 43.2. The number of esters is 1. The van der Waals surface area contributed by atoms with E-state index in [-0.39, 0.29) is 18.5 Å². The summed E-state index contributed by atoms with van der Waals surface area (Å²) in [4.78, 5) is 24.5. The number of hydrogen-bond donors (Lipinski definition) is 3. The van der Waals surface area contributed by atoms with Gasteiger partial charge in [-0.25, -0.2) is 0 Å². The van der Waals surface area contributed by atoms with Crippen molar-refractivity contribution >= 4 is 11.9 Å². The molecule has 3 N–H and O–H groups in total. The minimum absolute atomic E-state index is 0.0454. The molecule has 0 radical (unpaired) electrons. The molecule has 65 heavy (non-hydrogen) atoms. The number of nitrogens with one attached hydrogen (secondary N) is 1. The maximum Gasteiger partial charge on any atom is 0.305 e. The number of allylic oxidation sites excluding steroid dienone is 7. The van der Waals surface area contributed by atoms with Crippen molar-refractivity contribution in [1.82, 2.24) is 5.32 Å². The summed E-state index contributed by atoms with van der Waals surface area (Å²) < 4.78 is 5.45. The minimum Gasteiger partial charge on any atom is -0.466 e. The third kappa shape index (κ3) is 51.1. The molecule has 0 aliphatic carbocycles. The largest absolute Gasteiger partial charge is 0.466 e. The molecule has 380 valence electrons. The summed E-state index contributed by atoms with van der Waals surface area (Å²) in [7, 11) is 0. The fraction of sp³-hybridized carbons (Fsp3) is 0.831. The predicted molar refractivity (Wildman–Crippen MR) is 282 cm³/mol. The monoisotopic (exact) mass is 912 g/mol. The first-order valence-corrected chi connectivity index (χ1v) is 28.4. The smallest absolute Gasteiger partial charge is 0.305 e. The zero-order valence-electron chi connectivity index (χ0n) is 43.2. The summed E-state index contributed by atoms with van der Waals surface area (Å²) in [5, 5.41) is 23.1. The van der Waals surface area contributed by atoms with E-state index in [9.17, 15) is 19.8 Å². The molecular formula is C59H109NO5. The van der Waals surface area contributed by atoms with Gasteiger partial charge >= 0.3 is 5.97 Å². The average Bonchev–Trinajstić information content (AvgIpc) is 3.31. The molecule has 0 aromatic carbocycles. The van der Waals surface area contributed by atoms with E-state index in [1.165, 1.54) is 186 Å². The van der Waals surface area contributed by atoms with Gasteiger partial charge in [-0.3, -0.25) is 9.59 Å². The molecule has 0 rings (SSSR count). The molecular weight excluding hydrogens is 803 g/mol. The van der Waals surface area contributed by atoms with Gasteiger partial charge in [0.05, 0.1) is 25.4 Å². The fourth-order valence-corrected chi connectivity index (χ4v) is 8.43. The number of ether oxygens (including phenoxy) is 1. The third-order valence-corrected chi connectivity index (χ3v) is 12.8. The van der Waals surface area contributed by atoms with E-state index in [1.54, 1.807) is 6.08 Å². The Balaban J connectivity index is 3.57. The second kappa shape index (κ2) is 54.4. The van der Waals surface area contributed by atoms with Gasteiger partial charge in [-0.15, -0.1) is 0 Å². The Labute approximate surface area is 404 Å². The Kier molecular flexibility index (Phi) is 52.6. The zero-order chi connectivity index (χ0) is 47.2. The van der Waals surface area contributed by atoms with Crippen molar-refractivity contribution in [3.63, 3.8) is 0 Å². The lowest BCUT2D eigenvalue weighted by Gasteiger charge is -2.19. The molecule has 0 spiro atoms. The van der Waals surface area contributed by atoms with Crippen molar-refractivity contribution in [1.29, 1.82) is 0 Å². The second-order valence-corrected chi connectivity index (χ2v) is 19.3. The summed E-state index contributed by atoms with van der Waals surface area (Å²) in [6.07, 6.45) is 68.5. The molecule has 1 amide bonds. The molecule has 6 nitrogen and oxygen atoms in total. The number of aliphatic hydroxyl groups excluding tert-OH is 2. The van der Waals surface area contributed by atoms with Crippen molar-refractivity contribution in [3.8, 4) is 0 Å². The Morgan fingerprint density at radius 2 is 0.785 bits per heavy atom. The SMILES string of the molecule is CCCCCC/C=C\C/C=C\CCCCCCCCCC(=O)OCCCCCC/C=C\CCCC(=O)NC(CO)C(O)/C=C/CCCCCCCCCCCCCCCCCCCCC. The van der Waals surface area contributed by atoms with Crippen LogP contribution in [0.5, 0.6) is 0 Å². The predicted octanol–water partition coefficient (Wildman–Crippen LogP) is 17.4. The van der Waals surface area contributed by atoms with Crippen LogP contribution in [0.1, 0.15) is 290 Å². The van der Waals surface area contributed by atoms with Crippen LogP contribution in [-0.4, -0.2) is 47.4 Å². The number of unbranched alkanes of at least 4 members (excludes halogenated alkanes) is 35. The van der Waals surface area contributed by atoms with Crippen molar-refractivity contribution in [3.05, 3.63) is 48.6 Å². The van der Waals surface area contributed by atoms with E-state index >= 15 is 0 Å². The van der Waals surface area contributed by atoms with E-state index in [0.29, 0.717) is 19.4 Å². The van der Waals surface area contributed by atoms with Gasteiger partial charge < -0.3 is 20.3 Å². The number of aliphatic hydroxyl groups is 2. The number of carbonyl (C=O) groups excluding carboxylic acids is 2. The first-order chi connectivity index (χ1) is 32.0. The number of carbonyl (C=O) groups is 2. The normalized spacial score (nSPS) is 13.0. The fourth-order valence-electron chi connectivity index (χ4n) is 8.43. The van der Waals surface area contributed by atoms with Gasteiger partial charge in [-0.1, -0.05) is 242 Å². The van der Waals surface area contributed by atoms with Gasteiger partial charge in [0.25, 0.3) is 0 Å². The summed E-state index contributed by atoms with van der Waals surface area (Å²) >= 11 is 0. The standard InChI is InChI=1S/C59H109NO5/c1-3-5-7-9-11-13-15-17-19-21-23-24-25-26-28-30-32-35-39-43-47-51-57(62)56(55-61)60-58(63)52-48-44-40-36-34-38-42-46-50-54-65-59(64)53-49-45-41-37-33-31-29-27-22-20-18-16-14-12-10-8-6-4-2/h14,16,20,22,36,40,47,51,56-57,61-62H,3-13,15,17-19,21,23-35,37-39,41-46,48-50,52-55H2,1-2H3,(H,60,63)/b16-14-,22-20-,40-36-,51-47+. The Hall–Kier alpha value is -2.18. The van der Waals surface area contributed by atoms with Gasteiger partial charge in [0.2, 0.25) is 5.91 Å². The lowest BCUT2D eigenvalue weighted by atomic mass is 10.0. The quantitative estimate of drug-likeness (QED) is 0.0321. The molecule has 0 aliphatic rings. The van der Waals surface area contributed by atoms with E-state index in [0.717, 1.165) is 77.0 Å². The molecule has 0 bridgehead atoms. The van der Waals surface area contributed by atoms with Crippen LogP contribution >= 0.6 is 0 Å². The van der Waals surface area contributed by atoms with Gasteiger partial charge in [-0.05, 0) is 83.5 Å². The number of hydrogen-bond acceptors (Lipinski definition) is 5. The molecule has 0 aliphatic heterocycles. The average molecular weight is 913 g/mol. The first kappa shape index (κ1) is 62.8. The summed E-state index contributed by atoms with van der Waals surface area (Å²) in [5.74, 6) is -0.174. The minimum atomic E-state index is -0.878. The maximum absolute atomic E-state index is 12.4. The molecule has 6 heteroatoms. The van der Waals surface area contributed by atoms with Crippen LogP contribution in [0.3, 0.4) is 0 Å². The number of rotatable bonds is 52. The molecule has 0 heterocycles. The van der Waals surface area contributed by atoms with Gasteiger partial charge in [0, 0.05) is 12.8 Å². The lowest BCUT2D eigenvalue weighted by molar-refractivity contribution is -0.143. The summed E-state index contributed by atoms with van der Waals surface area (Å²) in [6.45, 7) is 4.80. The van der Waals surface area contributed by atoms with Crippen LogP contribution in [0.15, 0.2) is 48.6 Å². The van der Waals surface area contributed by atoms with Crippen LogP contribution in [0.2, 0.25) is 0 Å². The first-order valence-electron chi connectivity index (χ1n) is 28.4. The van der Waals surface area contributed by atoms with Crippen molar-refractivity contribution in [2.75, 3.05) is 13.2 Å². The van der Waals surface area contributed by atoms with Crippen LogP contribution in [0, 0.1) is 0 Å². The van der Waals surface area contributed by atoms with Crippen LogP contribution < -0.4 is 5.32 Å². The van der Waals surface area contributed by atoms with Gasteiger partial charge in [-0.2, -0.15) is 0 Å². The molecule has 0 saturated carbocycles. The number of amides is 1. The molecule has 2 atom stereocenters. The van der Waals surface area contributed by atoms with E-state index in [2.05, 4.69) is 55.6 Å². The second-order valence-electron chi connectivity index (χ2n) is 19.3. The highest BCUT2D eigenvalue weighted by atomic mass is 16.5. The van der Waals surface area contributed by atoms with Crippen molar-refractivity contribution in [2.45, 2.75) is 302 Å². The topological polar surface area (TPSA) is 95.9 Å². The van der Waals surface area contributed by atoms with Crippen LogP contribution in [0.4, 0.5) is 0 Å². The molecule has 2 unspecified atom stereocenters. The Morgan fingerprint density at radius 1 is 0.431 bits per heavy atom. The van der Waals surface area contributed by atoms with Crippen molar-refractivity contribution in [2.24, 2.45) is 0 Å². The van der Waals surface area contributed by atoms with Crippen LogP contribution in [-0.2, 0) is 14.3 Å². The molecule has 0 saturated heterocycles. The third-order valence-electron chi connectivity index (χ3n) is 12.8. The van der Waals surface area contributed by atoms with E-state index < -0.39 is 12.1 Å². The summed E-state index contributed by atoms with van der Waals surface area (Å²) in [6, 6.07) is -0.668. The van der Waals surface area contributed by atoms with Crippen molar-refractivity contribution < 1.29 is 24.5 Å². The highest BCUT2D eigenvalue weighted by molar-refractivity contribution is 5.76. The van der Waals surface area contributed by atoms with Gasteiger partial charge in [0.1, 0.15) is 0 Å². The molecule has 0 fully saturated rings. The maximum atomic E-state index is 12.4. The Morgan fingerprint density at radius 3 is 1.23 bits per heavy atom. The summed E-state index contributed by atoms with van der Waals surface area (Å²) in [5.41, 5.74) is 0. The molecule has 0 aromatic rings. The lowest BCUT2D eigenvalue weighted by Crippen LogP contribution is -2.45. The van der Waals surface area contributed by atoms with Gasteiger partial charge in [0.15, 0.2) is 0 Å². The van der Waals surface area contributed by atoms with E-state index in [1.807, 2.05) is 6.08 Å². The molecule has 0 aromatic heterocycles.